The molecule has 7 heteroatoms. The highest BCUT2D eigenvalue weighted by atomic mass is 16.5. The molecule has 4 N–H and O–H groups in total. The number of anilines is 2. The molecule has 0 aromatic heterocycles. The van der Waals surface area contributed by atoms with Crippen molar-refractivity contribution in [1.82, 2.24) is 0 Å². The van der Waals surface area contributed by atoms with Crippen LogP contribution in [0, 0.1) is 0 Å². The molecule has 0 aliphatic heterocycles. The Labute approximate surface area is 145 Å². The predicted octanol–water partition coefficient (Wildman–Crippen LogP) is 2.65. The summed E-state index contributed by atoms with van der Waals surface area (Å²) in [4.78, 5) is 24.6. The Hall–Kier alpha value is -3.22. The number of rotatable bonds is 6. The van der Waals surface area contributed by atoms with Crippen molar-refractivity contribution in [2.45, 2.75) is 13.8 Å². The van der Waals surface area contributed by atoms with E-state index in [1.54, 1.807) is 26.0 Å². The maximum atomic E-state index is 12.6. The minimum atomic E-state index is -0.716. The normalized spacial score (nSPS) is 10.2. The first-order valence-electron chi connectivity index (χ1n) is 7.77. The van der Waals surface area contributed by atoms with Crippen LogP contribution in [-0.4, -0.2) is 25.2 Å². The van der Waals surface area contributed by atoms with Crippen LogP contribution < -0.4 is 20.9 Å². The third kappa shape index (κ3) is 4.41. The number of carbonyl (C=O) groups is 2. The number of nitrogen functional groups attached to an aromatic ring is 2. The van der Waals surface area contributed by atoms with Crippen LogP contribution in [0.25, 0.3) is 0 Å². The number of benzene rings is 2. The molecule has 2 aromatic carbocycles. The minimum absolute atomic E-state index is 0.00771. The van der Waals surface area contributed by atoms with Crippen LogP contribution in [-0.2, 0) is 4.74 Å². The van der Waals surface area contributed by atoms with Gasteiger partial charge in [0.2, 0.25) is 0 Å². The van der Waals surface area contributed by atoms with Gasteiger partial charge in [-0.15, -0.1) is 0 Å². The SMILES string of the molecule is CCOC(=O)c1ccc(N)cc1OC(=O)c1cc(N)ccc1OCC. The molecule has 0 aliphatic rings. The molecule has 0 bridgehead atoms. The van der Waals surface area contributed by atoms with E-state index in [4.69, 9.17) is 25.7 Å². The first-order valence-corrected chi connectivity index (χ1v) is 7.77. The smallest absolute Gasteiger partial charge is 0.347 e. The zero-order valence-corrected chi connectivity index (χ0v) is 14.1. The zero-order valence-electron chi connectivity index (χ0n) is 14.1. The highest BCUT2D eigenvalue weighted by Crippen LogP contribution is 2.27. The maximum absolute atomic E-state index is 12.6. The second-order valence-corrected chi connectivity index (χ2v) is 5.05. The van der Waals surface area contributed by atoms with Gasteiger partial charge in [0, 0.05) is 17.4 Å². The number of nitrogens with two attached hydrogens (primary N) is 2. The van der Waals surface area contributed by atoms with Crippen molar-refractivity contribution < 1.29 is 23.8 Å². The summed E-state index contributed by atoms with van der Waals surface area (Å²) in [6.45, 7) is 4.04. The second-order valence-electron chi connectivity index (χ2n) is 5.05. The molecule has 0 heterocycles. The predicted molar refractivity (Wildman–Crippen MR) is 93.8 cm³/mol. The topological polar surface area (TPSA) is 114 Å². The van der Waals surface area contributed by atoms with E-state index < -0.39 is 11.9 Å². The van der Waals surface area contributed by atoms with E-state index in [1.807, 2.05) is 0 Å². The molecular weight excluding hydrogens is 324 g/mol. The minimum Gasteiger partial charge on any atom is -0.493 e. The van der Waals surface area contributed by atoms with Crippen molar-refractivity contribution in [1.29, 1.82) is 0 Å². The van der Waals surface area contributed by atoms with Crippen molar-refractivity contribution in [2.24, 2.45) is 0 Å². The van der Waals surface area contributed by atoms with Gasteiger partial charge in [0.1, 0.15) is 22.6 Å². The van der Waals surface area contributed by atoms with Crippen LogP contribution >= 0.6 is 0 Å². The lowest BCUT2D eigenvalue weighted by Gasteiger charge is -2.13. The highest BCUT2D eigenvalue weighted by Gasteiger charge is 2.20. The molecule has 0 fully saturated rings. The van der Waals surface area contributed by atoms with E-state index in [0.29, 0.717) is 23.7 Å². The summed E-state index contributed by atoms with van der Waals surface area (Å²) in [6, 6.07) is 9.00. The highest BCUT2D eigenvalue weighted by molar-refractivity contribution is 5.98. The standard InChI is InChI=1S/C18H20N2O5/c1-3-23-15-8-6-11(19)9-14(15)18(22)25-16-10-12(20)5-7-13(16)17(21)24-4-2/h5-10H,3-4,19-20H2,1-2H3. The van der Waals surface area contributed by atoms with Crippen molar-refractivity contribution in [3.63, 3.8) is 0 Å². The molecule has 25 heavy (non-hydrogen) atoms. The van der Waals surface area contributed by atoms with Gasteiger partial charge in [0.25, 0.3) is 0 Å². The van der Waals surface area contributed by atoms with E-state index in [-0.39, 0.29) is 23.5 Å². The van der Waals surface area contributed by atoms with Crippen LogP contribution in [0.3, 0.4) is 0 Å². The molecule has 0 radical (unpaired) electrons. The van der Waals surface area contributed by atoms with Gasteiger partial charge < -0.3 is 25.7 Å². The molecule has 0 atom stereocenters. The fourth-order valence-corrected chi connectivity index (χ4v) is 2.14. The van der Waals surface area contributed by atoms with Crippen LogP contribution in [0.2, 0.25) is 0 Å². The molecule has 0 saturated carbocycles. The van der Waals surface area contributed by atoms with Gasteiger partial charge in [0.15, 0.2) is 0 Å². The van der Waals surface area contributed by atoms with E-state index in [1.165, 1.54) is 24.3 Å². The molecule has 0 spiro atoms. The van der Waals surface area contributed by atoms with E-state index in [0.717, 1.165) is 0 Å². The number of hydrogen-bond donors (Lipinski definition) is 2. The Morgan fingerprint density at radius 1 is 0.840 bits per heavy atom. The molecule has 0 saturated heterocycles. The summed E-state index contributed by atoms with van der Waals surface area (Å²) >= 11 is 0. The summed E-state index contributed by atoms with van der Waals surface area (Å²) in [5.41, 5.74) is 12.4. The fourth-order valence-electron chi connectivity index (χ4n) is 2.14. The van der Waals surface area contributed by atoms with Crippen LogP contribution in [0.15, 0.2) is 36.4 Å². The number of ether oxygens (including phenoxy) is 3. The van der Waals surface area contributed by atoms with Crippen molar-refractivity contribution in [3.8, 4) is 11.5 Å². The Bertz CT molecular complexity index is 789. The van der Waals surface area contributed by atoms with E-state index in [2.05, 4.69) is 0 Å². The fraction of sp³-hybridized carbons (Fsp3) is 0.222. The quantitative estimate of drug-likeness (QED) is 0.470. The molecule has 0 unspecified atom stereocenters. The van der Waals surface area contributed by atoms with Gasteiger partial charge in [-0.25, -0.2) is 9.59 Å². The summed E-state index contributed by atoms with van der Waals surface area (Å²) in [7, 11) is 0. The Morgan fingerprint density at radius 3 is 2.20 bits per heavy atom. The zero-order chi connectivity index (χ0) is 18.4. The van der Waals surface area contributed by atoms with Gasteiger partial charge in [0.05, 0.1) is 13.2 Å². The Balaban J connectivity index is 2.36. The molecule has 0 aliphatic carbocycles. The third-order valence-electron chi connectivity index (χ3n) is 3.23. The van der Waals surface area contributed by atoms with Gasteiger partial charge in [-0.05, 0) is 44.2 Å². The lowest BCUT2D eigenvalue weighted by atomic mass is 10.1. The van der Waals surface area contributed by atoms with Gasteiger partial charge in [-0.3, -0.25) is 0 Å². The first-order chi connectivity index (χ1) is 12.0. The molecule has 2 rings (SSSR count). The lowest BCUT2D eigenvalue weighted by Crippen LogP contribution is -2.15. The first kappa shape index (κ1) is 18.1. The third-order valence-corrected chi connectivity index (χ3v) is 3.23. The van der Waals surface area contributed by atoms with Crippen LogP contribution in [0.4, 0.5) is 11.4 Å². The average Bonchev–Trinajstić information content (AvgIpc) is 2.57. The number of carbonyl (C=O) groups excluding carboxylic acids is 2. The number of esters is 2. The molecule has 2 aromatic rings. The molecule has 7 nitrogen and oxygen atoms in total. The summed E-state index contributed by atoms with van der Waals surface area (Å²) < 4.78 is 15.7. The largest absolute Gasteiger partial charge is 0.493 e. The lowest BCUT2D eigenvalue weighted by molar-refractivity contribution is 0.0520. The molecular formula is C18H20N2O5. The summed E-state index contributed by atoms with van der Waals surface area (Å²) in [5, 5.41) is 0. The van der Waals surface area contributed by atoms with Gasteiger partial charge in [-0.1, -0.05) is 0 Å². The van der Waals surface area contributed by atoms with Crippen molar-refractivity contribution in [3.05, 3.63) is 47.5 Å². The molecule has 132 valence electrons. The van der Waals surface area contributed by atoms with Gasteiger partial charge in [-0.2, -0.15) is 0 Å². The Morgan fingerprint density at radius 2 is 1.52 bits per heavy atom. The van der Waals surface area contributed by atoms with Gasteiger partial charge >= 0.3 is 11.9 Å². The van der Waals surface area contributed by atoms with Crippen LogP contribution in [0.1, 0.15) is 34.6 Å². The summed E-state index contributed by atoms with van der Waals surface area (Å²) in [6.07, 6.45) is 0. The van der Waals surface area contributed by atoms with E-state index in [9.17, 15) is 9.59 Å². The maximum Gasteiger partial charge on any atom is 0.347 e. The van der Waals surface area contributed by atoms with E-state index >= 15 is 0 Å². The summed E-state index contributed by atoms with van der Waals surface area (Å²) in [5.74, 6) is -0.980. The monoisotopic (exact) mass is 344 g/mol. The average molecular weight is 344 g/mol. The number of hydrogen-bond acceptors (Lipinski definition) is 7. The van der Waals surface area contributed by atoms with Crippen LogP contribution in [0.5, 0.6) is 11.5 Å². The molecule has 0 amide bonds. The second kappa shape index (κ2) is 8.05. The van der Waals surface area contributed by atoms with Crippen molar-refractivity contribution in [2.75, 3.05) is 24.7 Å². The Kier molecular flexibility index (Phi) is 5.84. The van der Waals surface area contributed by atoms with Crippen molar-refractivity contribution >= 4 is 23.3 Å².